The van der Waals surface area contributed by atoms with E-state index >= 15 is 0 Å². The van der Waals surface area contributed by atoms with Crippen LogP contribution in [0.2, 0.25) is 0 Å². The number of ketones is 1. The van der Waals surface area contributed by atoms with Crippen LogP contribution in [0.3, 0.4) is 0 Å². The standard InChI is InChI=1S/C22H19N3O2/c1-2-16-8-10-18(11-9-16)24-22(27)20(15-23)21(26)17-6-5-7-19(14-17)25-12-3-4-13-25/h3-14,20H,2H2,1H3,(H,24,27). The number of hydrogen-bond donors (Lipinski definition) is 1. The number of Topliss-reactive ketones (excluding diaryl/α,β-unsaturated/α-hetero) is 1. The number of carbonyl (C=O) groups excluding carboxylic acids is 2. The molecule has 0 saturated carbocycles. The molecule has 0 aliphatic rings. The average Bonchev–Trinajstić information content (AvgIpc) is 3.24. The number of carbonyl (C=O) groups is 2. The minimum Gasteiger partial charge on any atom is -0.325 e. The third kappa shape index (κ3) is 4.13. The summed E-state index contributed by atoms with van der Waals surface area (Å²) in [6, 6.07) is 19.8. The molecule has 1 heterocycles. The molecule has 1 amide bonds. The number of nitriles is 1. The van der Waals surface area contributed by atoms with Crippen LogP contribution in [0.15, 0.2) is 73.1 Å². The topological polar surface area (TPSA) is 74.9 Å². The first-order valence-corrected chi connectivity index (χ1v) is 8.69. The van der Waals surface area contributed by atoms with Gasteiger partial charge in [0.15, 0.2) is 11.7 Å². The van der Waals surface area contributed by atoms with Crippen LogP contribution in [0.5, 0.6) is 0 Å². The molecule has 3 rings (SSSR count). The van der Waals surface area contributed by atoms with Gasteiger partial charge in [0, 0.05) is 29.3 Å². The Hall–Kier alpha value is -3.65. The summed E-state index contributed by atoms with van der Waals surface area (Å²) in [5, 5.41) is 12.1. The van der Waals surface area contributed by atoms with Crippen molar-refractivity contribution in [1.82, 2.24) is 4.57 Å². The number of aryl methyl sites for hydroxylation is 1. The summed E-state index contributed by atoms with van der Waals surface area (Å²) in [7, 11) is 0. The number of nitrogens with one attached hydrogen (secondary N) is 1. The lowest BCUT2D eigenvalue weighted by Gasteiger charge is -2.11. The molecule has 5 nitrogen and oxygen atoms in total. The third-order valence-electron chi connectivity index (χ3n) is 4.32. The lowest BCUT2D eigenvalue weighted by Crippen LogP contribution is -2.28. The van der Waals surface area contributed by atoms with Crippen LogP contribution in [-0.2, 0) is 11.2 Å². The highest BCUT2D eigenvalue weighted by molar-refractivity contribution is 6.15. The van der Waals surface area contributed by atoms with Crippen LogP contribution in [0.4, 0.5) is 5.69 Å². The van der Waals surface area contributed by atoms with Crippen LogP contribution in [0.1, 0.15) is 22.8 Å². The highest BCUT2D eigenvalue weighted by atomic mass is 16.2. The minimum absolute atomic E-state index is 0.323. The van der Waals surface area contributed by atoms with Crippen LogP contribution in [0, 0.1) is 17.2 Å². The first-order valence-electron chi connectivity index (χ1n) is 8.69. The van der Waals surface area contributed by atoms with Gasteiger partial charge in [0.2, 0.25) is 5.91 Å². The summed E-state index contributed by atoms with van der Waals surface area (Å²) in [6.45, 7) is 2.04. The quantitative estimate of drug-likeness (QED) is 0.535. The second-order valence-corrected chi connectivity index (χ2v) is 6.11. The third-order valence-corrected chi connectivity index (χ3v) is 4.32. The molecular weight excluding hydrogens is 338 g/mol. The van der Waals surface area contributed by atoms with Gasteiger partial charge in [0.05, 0.1) is 6.07 Å². The molecule has 0 fully saturated rings. The zero-order valence-electron chi connectivity index (χ0n) is 14.9. The maximum Gasteiger partial charge on any atom is 0.249 e. The first-order chi connectivity index (χ1) is 13.1. The summed E-state index contributed by atoms with van der Waals surface area (Å²) in [4.78, 5) is 25.2. The number of aromatic nitrogens is 1. The van der Waals surface area contributed by atoms with Crippen molar-refractivity contribution in [2.75, 3.05) is 5.32 Å². The van der Waals surface area contributed by atoms with E-state index in [1.54, 1.807) is 30.3 Å². The molecule has 0 aliphatic carbocycles. The summed E-state index contributed by atoms with van der Waals surface area (Å²) >= 11 is 0. The molecule has 5 heteroatoms. The fraction of sp³-hybridized carbons (Fsp3) is 0.136. The van der Waals surface area contributed by atoms with Crippen molar-refractivity contribution in [3.63, 3.8) is 0 Å². The van der Waals surface area contributed by atoms with Crippen molar-refractivity contribution >= 4 is 17.4 Å². The van der Waals surface area contributed by atoms with Crippen LogP contribution in [0.25, 0.3) is 5.69 Å². The van der Waals surface area contributed by atoms with Gasteiger partial charge in [0.1, 0.15) is 0 Å². The van der Waals surface area contributed by atoms with E-state index in [0.717, 1.165) is 17.7 Å². The van der Waals surface area contributed by atoms with Crippen LogP contribution >= 0.6 is 0 Å². The van der Waals surface area contributed by atoms with Gasteiger partial charge >= 0.3 is 0 Å². The normalized spacial score (nSPS) is 11.4. The largest absolute Gasteiger partial charge is 0.325 e. The van der Waals surface area contributed by atoms with Crippen molar-refractivity contribution < 1.29 is 9.59 Å². The molecule has 27 heavy (non-hydrogen) atoms. The van der Waals surface area contributed by atoms with Gasteiger partial charge in [-0.25, -0.2) is 0 Å². The Labute approximate surface area is 157 Å². The molecule has 3 aromatic rings. The van der Waals surface area contributed by atoms with Crippen molar-refractivity contribution in [3.8, 4) is 11.8 Å². The monoisotopic (exact) mass is 357 g/mol. The summed E-state index contributed by atoms with van der Waals surface area (Å²) in [5.74, 6) is -2.55. The van der Waals surface area contributed by atoms with Crippen molar-refractivity contribution in [2.45, 2.75) is 13.3 Å². The SMILES string of the molecule is CCc1ccc(NC(=O)C(C#N)C(=O)c2cccc(-n3cccc3)c2)cc1. The average molecular weight is 357 g/mol. The van der Waals surface area contributed by atoms with Gasteiger partial charge in [-0.15, -0.1) is 0 Å². The zero-order chi connectivity index (χ0) is 19.2. The number of benzene rings is 2. The van der Waals surface area contributed by atoms with E-state index in [1.165, 1.54) is 0 Å². The number of rotatable bonds is 6. The van der Waals surface area contributed by atoms with E-state index in [2.05, 4.69) is 5.32 Å². The molecule has 134 valence electrons. The Morgan fingerprint density at radius 2 is 1.78 bits per heavy atom. The van der Waals surface area contributed by atoms with Gasteiger partial charge in [-0.05, 0) is 48.4 Å². The van der Waals surface area contributed by atoms with Gasteiger partial charge in [-0.3, -0.25) is 9.59 Å². The van der Waals surface area contributed by atoms with E-state index < -0.39 is 17.6 Å². The maximum absolute atomic E-state index is 12.7. The summed E-state index contributed by atoms with van der Waals surface area (Å²) in [6.07, 6.45) is 4.61. The fourth-order valence-corrected chi connectivity index (χ4v) is 2.77. The van der Waals surface area contributed by atoms with E-state index in [0.29, 0.717) is 11.3 Å². The predicted octanol–water partition coefficient (Wildman–Crippen LogP) is 4.00. The van der Waals surface area contributed by atoms with E-state index in [-0.39, 0.29) is 0 Å². The molecule has 2 aromatic carbocycles. The van der Waals surface area contributed by atoms with Gasteiger partial charge < -0.3 is 9.88 Å². The smallest absolute Gasteiger partial charge is 0.249 e. The van der Waals surface area contributed by atoms with Crippen LogP contribution in [-0.4, -0.2) is 16.3 Å². The lowest BCUT2D eigenvalue weighted by molar-refractivity contribution is -0.117. The molecule has 1 aromatic heterocycles. The highest BCUT2D eigenvalue weighted by Gasteiger charge is 2.27. The van der Waals surface area contributed by atoms with Gasteiger partial charge in [-0.2, -0.15) is 5.26 Å². The second kappa shape index (κ2) is 8.15. The predicted molar refractivity (Wildman–Crippen MR) is 104 cm³/mol. The lowest BCUT2D eigenvalue weighted by atomic mass is 9.97. The Bertz CT molecular complexity index is 983. The number of nitrogens with zero attached hydrogens (tertiary/aromatic N) is 2. The Morgan fingerprint density at radius 3 is 2.41 bits per heavy atom. The highest BCUT2D eigenvalue weighted by Crippen LogP contribution is 2.17. The molecule has 1 N–H and O–H groups in total. The van der Waals surface area contributed by atoms with Crippen molar-refractivity contribution in [1.29, 1.82) is 5.26 Å². The van der Waals surface area contributed by atoms with E-state index in [9.17, 15) is 14.9 Å². The molecule has 0 saturated heterocycles. The molecule has 1 unspecified atom stereocenters. The van der Waals surface area contributed by atoms with Crippen molar-refractivity contribution in [3.05, 3.63) is 84.2 Å². The molecular formula is C22H19N3O2. The Kier molecular flexibility index (Phi) is 5.48. The van der Waals surface area contributed by atoms with E-state index in [4.69, 9.17) is 0 Å². The van der Waals surface area contributed by atoms with E-state index in [1.807, 2.05) is 60.3 Å². The second-order valence-electron chi connectivity index (χ2n) is 6.11. The summed E-state index contributed by atoms with van der Waals surface area (Å²) < 4.78 is 1.85. The van der Waals surface area contributed by atoms with Crippen LogP contribution < -0.4 is 5.32 Å². The number of anilines is 1. The molecule has 0 spiro atoms. The molecule has 0 bridgehead atoms. The fourth-order valence-electron chi connectivity index (χ4n) is 2.77. The molecule has 0 aliphatic heterocycles. The Morgan fingerprint density at radius 1 is 1.07 bits per heavy atom. The number of hydrogen-bond acceptors (Lipinski definition) is 3. The van der Waals surface area contributed by atoms with Gasteiger partial charge in [-0.1, -0.05) is 31.2 Å². The zero-order valence-corrected chi connectivity index (χ0v) is 14.9. The first kappa shape index (κ1) is 18.2. The van der Waals surface area contributed by atoms with Gasteiger partial charge in [0.25, 0.3) is 0 Å². The molecule has 0 radical (unpaired) electrons. The summed E-state index contributed by atoms with van der Waals surface area (Å²) in [5.41, 5.74) is 2.82. The molecule has 1 atom stereocenters. The Balaban J connectivity index is 1.78. The maximum atomic E-state index is 12.7. The van der Waals surface area contributed by atoms with Crippen molar-refractivity contribution in [2.24, 2.45) is 5.92 Å². The minimum atomic E-state index is -1.41. The number of amides is 1.